The highest BCUT2D eigenvalue weighted by Crippen LogP contribution is 2.28. The molecule has 0 saturated carbocycles. The summed E-state index contributed by atoms with van der Waals surface area (Å²) < 4.78 is 5.99. The zero-order valence-electron chi connectivity index (χ0n) is 7.80. The molecule has 3 nitrogen and oxygen atoms in total. The highest BCUT2D eigenvalue weighted by atomic mass is 79.9. The lowest BCUT2D eigenvalue weighted by Gasteiger charge is -2.21. The molecule has 0 bridgehead atoms. The Morgan fingerprint density at radius 1 is 1.69 bits per heavy atom. The Labute approximate surface area is 86.3 Å². The molecule has 74 valence electrons. The van der Waals surface area contributed by atoms with Crippen molar-refractivity contribution in [1.82, 2.24) is 5.32 Å². The zero-order chi connectivity index (χ0) is 9.90. The highest BCUT2D eigenvalue weighted by Gasteiger charge is 2.28. The van der Waals surface area contributed by atoms with Crippen LogP contribution >= 0.6 is 15.9 Å². The van der Waals surface area contributed by atoms with Gasteiger partial charge in [0.2, 0.25) is 0 Å². The van der Waals surface area contributed by atoms with Crippen LogP contribution in [-0.2, 0) is 5.60 Å². The molecule has 4 heteroatoms. The van der Waals surface area contributed by atoms with Crippen molar-refractivity contribution in [3.63, 3.8) is 0 Å². The van der Waals surface area contributed by atoms with Crippen molar-refractivity contribution in [2.24, 2.45) is 0 Å². The van der Waals surface area contributed by atoms with E-state index in [1.165, 1.54) is 0 Å². The number of aliphatic hydroxyl groups is 1. The molecule has 0 fully saturated rings. The van der Waals surface area contributed by atoms with E-state index in [0.717, 1.165) is 11.0 Å². The smallest absolute Gasteiger partial charge is 0.150 e. The molecule has 2 N–H and O–H groups in total. The minimum atomic E-state index is -0.960. The first-order valence-corrected chi connectivity index (χ1v) is 5.04. The Balaban J connectivity index is 2.74. The van der Waals surface area contributed by atoms with Crippen molar-refractivity contribution >= 4 is 15.9 Å². The average molecular weight is 248 g/mol. The maximum Gasteiger partial charge on any atom is 0.150 e. The fourth-order valence-electron chi connectivity index (χ4n) is 1.13. The van der Waals surface area contributed by atoms with Crippen LogP contribution in [0.5, 0.6) is 0 Å². The van der Waals surface area contributed by atoms with Gasteiger partial charge in [-0.05, 0) is 35.5 Å². The summed E-state index contributed by atoms with van der Waals surface area (Å²) in [7, 11) is 0. The van der Waals surface area contributed by atoms with E-state index in [4.69, 9.17) is 4.42 Å². The number of furan rings is 1. The van der Waals surface area contributed by atoms with Crippen LogP contribution in [0, 0.1) is 0 Å². The largest absolute Gasteiger partial charge is 0.465 e. The van der Waals surface area contributed by atoms with E-state index in [0.29, 0.717) is 12.3 Å². The van der Waals surface area contributed by atoms with E-state index in [9.17, 15) is 5.11 Å². The van der Waals surface area contributed by atoms with Gasteiger partial charge in [0.25, 0.3) is 0 Å². The third-order valence-corrected chi connectivity index (χ3v) is 2.45. The summed E-state index contributed by atoms with van der Waals surface area (Å²) in [4.78, 5) is 0. The van der Waals surface area contributed by atoms with E-state index in [2.05, 4.69) is 21.2 Å². The number of nitrogens with one attached hydrogen (secondary N) is 1. The molecule has 0 aliphatic rings. The maximum absolute atomic E-state index is 10.0. The lowest BCUT2D eigenvalue weighted by molar-refractivity contribution is 0.0340. The molecule has 1 aromatic heterocycles. The number of hydrogen-bond acceptors (Lipinski definition) is 3. The molecule has 0 spiro atoms. The van der Waals surface area contributed by atoms with Gasteiger partial charge in [0.15, 0.2) is 0 Å². The first-order valence-electron chi connectivity index (χ1n) is 4.24. The van der Waals surface area contributed by atoms with E-state index in [1.807, 2.05) is 6.92 Å². The van der Waals surface area contributed by atoms with Gasteiger partial charge >= 0.3 is 0 Å². The van der Waals surface area contributed by atoms with E-state index in [1.54, 1.807) is 19.3 Å². The van der Waals surface area contributed by atoms with E-state index >= 15 is 0 Å². The molecule has 0 aromatic carbocycles. The molecule has 0 amide bonds. The average Bonchev–Trinajstić information content (AvgIpc) is 2.48. The second kappa shape index (κ2) is 4.26. The minimum absolute atomic E-state index is 0.482. The minimum Gasteiger partial charge on any atom is -0.465 e. The molecule has 1 atom stereocenters. The maximum atomic E-state index is 10.0. The second-order valence-corrected chi connectivity index (χ2v) is 4.01. The molecule has 1 unspecified atom stereocenters. The third-order valence-electron chi connectivity index (χ3n) is 1.83. The SMILES string of the molecule is CCNCC(C)(O)c1occc1Br. The van der Waals surface area contributed by atoms with Crippen LogP contribution in [0.15, 0.2) is 21.2 Å². The Morgan fingerprint density at radius 3 is 2.85 bits per heavy atom. The standard InChI is InChI=1S/C9H14BrNO2/c1-3-11-6-9(2,12)8-7(10)4-5-13-8/h4-5,11-12H,3,6H2,1-2H3. The summed E-state index contributed by atoms with van der Waals surface area (Å²) in [6, 6.07) is 1.77. The van der Waals surface area contributed by atoms with Crippen molar-refractivity contribution in [2.45, 2.75) is 19.4 Å². The van der Waals surface area contributed by atoms with Crippen LogP contribution in [0.4, 0.5) is 0 Å². The van der Waals surface area contributed by atoms with Crippen LogP contribution in [0.3, 0.4) is 0 Å². The highest BCUT2D eigenvalue weighted by molar-refractivity contribution is 9.10. The first kappa shape index (κ1) is 10.8. The second-order valence-electron chi connectivity index (χ2n) is 3.15. The quantitative estimate of drug-likeness (QED) is 0.854. The number of halogens is 1. The lowest BCUT2D eigenvalue weighted by Crippen LogP contribution is -2.35. The van der Waals surface area contributed by atoms with Gasteiger partial charge in [0.05, 0.1) is 10.7 Å². The van der Waals surface area contributed by atoms with Crippen LogP contribution in [-0.4, -0.2) is 18.2 Å². The molecule has 0 aliphatic heterocycles. The Hall–Kier alpha value is -0.320. The monoisotopic (exact) mass is 247 g/mol. The number of hydrogen-bond donors (Lipinski definition) is 2. The normalized spacial score (nSPS) is 15.7. The van der Waals surface area contributed by atoms with Gasteiger partial charge in [-0.3, -0.25) is 0 Å². The summed E-state index contributed by atoms with van der Waals surface area (Å²) in [5.41, 5.74) is -0.960. The molecule has 1 heterocycles. The van der Waals surface area contributed by atoms with Crippen molar-refractivity contribution in [3.8, 4) is 0 Å². The van der Waals surface area contributed by atoms with Crippen molar-refractivity contribution in [3.05, 3.63) is 22.6 Å². The van der Waals surface area contributed by atoms with E-state index in [-0.39, 0.29) is 0 Å². The number of rotatable bonds is 4. The summed E-state index contributed by atoms with van der Waals surface area (Å²) in [5, 5.41) is 13.1. The molecule has 13 heavy (non-hydrogen) atoms. The topological polar surface area (TPSA) is 45.4 Å². The van der Waals surface area contributed by atoms with Gasteiger partial charge in [-0.15, -0.1) is 0 Å². The fraction of sp³-hybridized carbons (Fsp3) is 0.556. The summed E-state index contributed by atoms with van der Waals surface area (Å²) >= 11 is 3.31. The van der Waals surface area contributed by atoms with Crippen LogP contribution in [0.1, 0.15) is 19.6 Å². The van der Waals surface area contributed by atoms with E-state index < -0.39 is 5.60 Å². The lowest BCUT2D eigenvalue weighted by atomic mass is 10.0. The molecule has 1 rings (SSSR count). The van der Waals surface area contributed by atoms with Crippen molar-refractivity contribution in [1.29, 1.82) is 0 Å². The van der Waals surface area contributed by atoms with Crippen LogP contribution in [0.25, 0.3) is 0 Å². The van der Waals surface area contributed by atoms with Crippen LogP contribution < -0.4 is 5.32 Å². The van der Waals surface area contributed by atoms with Crippen LogP contribution in [0.2, 0.25) is 0 Å². The molecule has 1 aromatic rings. The van der Waals surface area contributed by atoms with Gasteiger partial charge < -0.3 is 14.8 Å². The zero-order valence-corrected chi connectivity index (χ0v) is 9.39. The third kappa shape index (κ3) is 2.56. The van der Waals surface area contributed by atoms with Gasteiger partial charge in [-0.1, -0.05) is 6.92 Å². The molecule has 0 saturated heterocycles. The summed E-state index contributed by atoms with van der Waals surface area (Å²) in [6.07, 6.45) is 1.56. The van der Waals surface area contributed by atoms with Crippen molar-refractivity contribution < 1.29 is 9.52 Å². The number of likely N-dealkylation sites (N-methyl/N-ethyl adjacent to an activating group) is 1. The predicted molar refractivity (Wildman–Crippen MR) is 54.5 cm³/mol. The molecule has 0 radical (unpaired) electrons. The van der Waals surface area contributed by atoms with Crippen molar-refractivity contribution in [2.75, 3.05) is 13.1 Å². The molecular formula is C9H14BrNO2. The Bertz CT molecular complexity index is 270. The fourth-order valence-corrected chi connectivity index (χ4v) is 1.76. The predicted octanol–water partition coefficient (Wildman–Crippen LogP) is 1.86. The molecule has 0 aliphatic carbocycles. The van der Waals surface area contributed by atoms with Gasteiger partial charge in [0, 0.05) is 6.54 Å². The molecular weight excluding hydrogens is 234 g/mol. The van der Waals surface area contributed by atoms with Gasteiger partial charge in [-0.25, -0.2) is 0 Å². The summed E-state index contributed by atoms with van der Waals surface area (Å²) in [6.45, 7) is 5.02. The first-order chi connectivity index (χ1) is 6.08. The Kier molecular flexibility index (Phi) is 3.53. The van der Waals surface area contributed by atoms with Gasteiger partial charge in [0.1, 0.15) is 11.4 Å². The summed E-state index contributed by atoms with van der Waals surface area (Å²) in [5.74, 6) is 0.563. The van der Waals surface area contributed by atoms with Gasteiger partial charge in [-0.2, -0.15) is 0 Å². The Morgan fingerprint density at radius 2 is 2.38 bits per heavy atom.